The number of rotatable bonds is 3. The summed E-state index contributed by atoms with van der Waals surface area (Å²) in [7, 11) is 3.68. The lowest BCUT2D eigenvalue weighted by atomic mass is 10.0. The fraction of sp³-hybridized carbons (Fsp3) is 0.160. The number of aromatic nitrogens is 5. The molecule has 7 nitrogen and oxygen atoms in total. The van der Waals surface area contributed by atoms with Crippen molar-refractivity contribution in [3.05, 3.63) is 65.6 Å². The number of H-pyrrole nitrogens is 2. The number of hydrogen-bond donors (Lipinski definition) is 3. The highest BCUT2D eigenvalue weighted by Gasteiger charge is 2.27. The molecule has 0 fully saturated rings. The summed E-state index contributed by atoms with van der Waals surface area (Å²) < 4.78 is 0. The van der Waals surface area contributed by atoms with E-state index in [1.54, 1.807) is 24.2 Å². The van der Waals surface area contributed by atoms with Gasteiger partial charge in [-0.05, 0) is 63.0 Å². The number of fused-ring (bicyclic) bond motifs is 7. The van der Waals surface area contributed by atoms with Crippen molar-refractivity contribution in [2.45, 2.75) is 12.6 Å². The Morgan fingerprint density at radius 2 is 1.61 bits per heavy atom. The van der Waals surface area contributed by atoms with E-state index in [-0.39, 0.29) is 0 Å². The van der Waals surface area contributed by atoms with Crippen molar-refractivity contribution < 1.29 is 5.11 Å². The van der Waals surface area contributed by atoms with Gasteiger partial charge in [-0.15, -0.1) is 0 Å². The molecule has 0 aliphatic carbocycles. The fourth-order valence-electron chi connectivity index (χ4n) is 4.41. The summed E-state index contributed by atoms with van der Waals surface area (Å²) in [5, 5.41) is 14.2. The third kappa shape index (κ3) is 2.87. The number of aliphatic hydroxyl groups is 1. The van der Waals surface area contributed by atoms with Gasteiger partial charge in [0.2, 0.25) is 0 Å². The molecule has 4 aromatic heterocycles. The van der Waals surface area contributed by atoms with E-state index in [1.807, 2.05) is 56.6 Å². The van der Waals surface area contributed by atoms with Crippen LogP contribution in [0.5, 0.6) is 0 Å². The summed E-state index contributed by atoms with van der Waals surface area (Å²) >= 11 is 6.68. The van der Waals surface area contributed by atoms with Crippen LogP contribution in [0.25, 0.3) is 55.1 Å². The predicted octanol–water partition coefficient (Wildman–Crippen LogP) is 5.19. The largest absolute Gasteiger partial charge is 0.372 e. The Labute approximate surface area is 194 Å². The van der Waals surface area contributed by atoms with Crippen LogP contribution in [0.2, 0.25) is 5.15 Å². The van der Waals surface area contributed by atoms with E-state index in [4.69, 9.17) is 16.6 Å². The number of halogens is 1. The van der Waals surface area contributed by atoms with Crippen molar-refractivity contribution in [3.63, 3.8) is 0 Å². The van der Waals surface area contributed by atoms with Crippen LogP contribution in [0, 0.1) is 0 Å². The molecule has 0 aliphatic heterocycles. The molecule has 0 saturated carbocycles. The van der Waals surface area contributed by atoms with Crippen LogP contribution in [-0.2, 0) is 5.72 Å². The van der Waals surface area contributed by atoms with Crippen molar-refractivity contribution in [1.82, 2.24) is 29.8 Å². The molecule has 3 N–H and O–H groups in total. The number of imidazole rings is 1. The molecule has 33 heavy (non-hydrogen) atoms. The first-order valence-corrected chi connectivity index (χ1v) is 11.0. The van der Waals surface area contributed by atoms with Gasteiger partial charge in [0.1, 0.15) is 16.7 Å². The quantitative estimate of drug-likeness (QED) is 0.252. The third-order valence-electron chi connectivity index (χ3n) is 6.48. The van der Waals surface area contributed by atoms with Gasteiger partial charge < -0.3 is 15.1 Å². The smallest absolute Gasteiger partial charge is 0.142 e. The zero-order valence-corrected chi connectivity index (χ0v) is 19.1. The zero-order chi connectivity index (χ0) is 22.9. The summed E-state index contributed by atoms with van der Waals surface area (Å²) in [5.41, 5.74) is 4.59. The standard InChI is InChI=1S/C25H21ClN6O/c1-25(33,32(2)3)13-8-9-17-16(12-13)18(23(26)29-17)24-30-21-14-6-4-10-27-19(14)20-15(22(21)31-24)7-5-11-28-20/h4-12,29,33H,1-3H3,(H,30,31)/t25-/m0/s1. The van der Waals surface area contributed by atoms with E-state index in [1.165, 1.54) is 0 Å². The molecule has 0 unspecified atom stereocenters. The Morgan fingerprint density at radius 1 is 0.909 bits per heavy atom. The van der Waals surface area contributed by atoms with Crippen LogP contribution >= 0.6 is 11.6 Å². The summed E-state index contributed by atoms with van der Waals surface area (Å²) in [5.74, 6) is 0.643. The minimum Gasteiger partial charge on any atom is -0.372 e. The molecule has 0 aliphatic rings. The molecule has 6 rings (SSSR count). The van der Waals surface area contributed by atoms with E-state index in [0.29, 0.717) is 11.0 Å². The lowest BCUT2D eigenvalue weighted by Crippen LogP contribution is -2.38. The van der Waals surface area contributed by atoms with Gasteiger partial charge in [0.05, 0.1) is 27.6 Å². The van der Waals surface area contributed by atoms with Crippen LogP contribution < -0.4 is 0 Å². The molecule has 0 bridgehead atoms. The number of hydrogen-bond acceptors (Lipinski definition) is 5. The summed E-state index contributed by atoms with van der Waals surface area (Å²) in [6, 6.07) is 13.6. The zero-order valence-electron chi connectivity index (χ0n) is 18.3. The maximum absolute atomic E-state index is 11.0. The number of benzene rings is 2. The highest BCUT2D eigenvalue weighted by molar-refractivity contribution is 6.34. The lowest BCUT2D eigenvalue weighted by molar-refractivity contribution is -0.0719. The third-order valence-corrected chi connectivity index (χ3v) is 6.76. The van der Waals surface area contributed by atoms with E-state index < -0.39 is 5.72 Å². The molecule has 0 radical (unpaired) electrons. The Balaban J connectivity index is 1.67. The van der Waals surface area contributed by atoms with Gasteiger partial charge in [-0.1, -0.05) is 17.7 Å². The van der Waals surface area contributed by atoms with Crippen LogP contribution in [0.4, 0.5) is 0 Å². The Hall–Kier alpha value is -3.52. The number of nitrogens with one attached hydrogen (secondary N) is 2. The molecular weight excluding hydrogens is 436 g/mol. The summed E-state index contributed by atoms with van der Waals surface area (Å²) in [6.45, 7) is 1.77. The second-order valence-corrected chi connectivity index (χ2v) is 8.98. The molecular formula is C25H21ClN6O. The highest BCUT2D eigenvalue weighted by Crippen LogP contribution is 2.39. The van der Waals surface area contributed by atoms with Crippen LogP contribution in [-0.4, -0.2) is 49.0 Å². The lowest BCUT2D eigenvalue weighted by Gasteiger charge is -2.31. The molecule has 0 saturated heterocycles. The first-order valence-electron chi connectivity index (χ1n) is 10.6. The molecule has 6 aromatic rings. The van der Waals surface area contributed by atoms with E-state index >= 15 is 0 Å². The van der Waals surface area contributed by atoms with Crippen molar-refractivity contribution in [2.75, 3.05) is 14.1 Å². The van der Waals surface area contributed by atoms with Crippen LogP contribution in [0.3, 0.4) is 0 Å². The topological polar surface area (TPSA) is 93.7 Å². The van der Waals surface area contributed by atoms with Crippen molar-refractivity contribution in [3.8, 4) is 11.4 Å². The first kappa shape index (κ1) is 20.1. The van der Waals surface area contributed by atoms with Crippen molar-refractivity contribution >= 4 is 55.3 Å². The summed E-state index contributed by atoms with van der Waals surface area (Å²) in [6.07, 6.45) is 3.54. The second-order valence-electron chi connectivity index (χ2n) is 8.60. The average molecular weight is 457 g/mol. The van der Waals surface area contributed by atoms with E-state index in [0.717, 1.165) is 54.9 Å². The van der Waals surface area contributed by atoms with Crippen LogP contribution in [0.15, 0.2) is 54.9 Å². The SMILES string of the molecule is CN(C)[C@@](C)(O)c1ccc2[nH]c(Cl)c(-c3nc4c5cccnc5c5ncccc5c4[nH]3)c2c1. The molecule has 1 atom stereocenters. The molecule has 0 amide bonds. The van der Waals surface area contributed by atoms with E-state index in [9.17, 15) is 5.11 Å². The van der Waals surface area contributed by atoms with Gasteiger partial charge in [-0.3, -0.25) is 14.9 Å². The van der Waals surface area contributed by atoms with Gasteiger partial charge in [0, 0.05) is 34.1 Å². The van der Waals surface area contributed by atoms with E-state index in [2.05, 4.69) is 19.9 Å². The molecule has 8 heteroatoms. The van der Waals surface area contributed by atoms with Gasteiger partial charge >= 0.3 is 0 Å². The van der Waals surface area contributed by atoms with Gasteiger partial charge in [0.15, 0.2) is 0 Å². The monoisotopic (exact) mass is 456 g/mol. The maximum atomic E-state index is 11.0. The highest BCUT2D eigenvalue weighted by atomic mass is 35.5. The Bertz CT molecular complexity index is 1630. The van der Waals surface area contributed by atoms with Gasteiger partial charge in [-0.25, -0.2) is 4.98 Å². The fourth-order valence-corrected chi connectivity index (χ4v) is 4.70. The minimum atomic E-state index is -1.13. The van der Waals surface area contributed by atoms with Crippen molar-refractivity contribution in [2.24, 2.45) is 0 Å². The van der Waals surface area contributed by atoms with Gasteiger partial charge in [0.25, 0.3) is 0 Å². The minimum absolute atomic E-state index is 0.482. The summed E-state index contributed by atoms with van der Waals surface area (Å²) in [4.78, 5) is 22.6. The van der Waals surface area contributed by atoms with Gasteiger partial charge in [-0.2, -0.15) is 0 Å². The molecule has 2 aromatic carbocycles. The second kappa shape index (κ2) is 6.99. The molecule has 164 valence electrons. The normalized spacial score (nSPS) is 14.1. The average Bonchev–Trinajstić information content (AvgIpc) is 3.39. The van der Waals surface area contributed by atoms with Crippen LogP contribution in [0.1, 0.15) is 12.5 Å². The molecule has 4 heterocycles. The predicted molar refractivity (Wildman–Crippen MR) is 132 cm³/mol. The number of pyridine rings is 2. The van der Waals surface area contributed by atoms with Crippen molar-refractivity contribution in [1.29, 1.82) is 0 Å². The number of aromatic amines is 2. The Kier molecular flexibility index (Phi) is 4.26. The maximum Gasteiger partial charge on any atom is 0.142 e. The molecule has 0 spiro atoms. The Morgan fingerprint density at radius 3 is 2.33 bits per heavy atom. The number of nitrogens with zero attached hydrogens (tertiary/aromatic N) is 4. The first-order chi connectivity index (χ1) is 15.9.